The molecule has 0 heterocycles. The van der Waals surface area contributed by atoms with Gasteiger partial charge in [0, 0.05) is 12.1 Å². The highest BCUT2D eigenvalue weighted by molar-refractivity contribution is 5.44. The summed E-state index contributed by atoms with van der Waals surface area (Å²) in [5.74, 6) is 1.72. The smallest absolute Gasteiger partial charge is 0.134 e. The molecule has 2 N–H and O–H groups in total. The van der Waals surface area contributed by atoms with Gasteiger partial charge in [0.1, 0.15) is 11.5 Å². The van der Waals surface area contributed by atoms with E-state index >= 15 is 0 Å². The van der Waals surface area contributed by atoms with Gasteiger partial charge in [-0.05, 0) is 31.5 Å². The molecule has 0 saturated carbocycles. The van der Waals surface area contributed by atoms with E-state index in [1.54, 1.807) is 0 Å². The van der Waals surface area contributed by atoms with E-state index in [2.05, 4.69) is 6.92 Å². The lowest BCUT2D eigenvalue weighted by Crippen LogP contribution is -2.00. The van der Waals surface area contributed by atoms with Crippen LogP contribution in [0, 0.1) is 13.8 Å². The maximum absolute atomic E-state index is 5.91. The van der Waals surface area contributed by atoms with Crippen LogP contribution in [0.25, 0.3) is 0 Å². The van der Waals surface area contributed by atoms with Crippen molar-refractivity contribution in [3.8, 4) is 11.5 Å². The van der Waals surface area contributed by atoms with E-state index in [9.17, 15) is 0 Å². The van der Waals surface area contributed by atoms with Crippen LogP contribution in [0.5, 0.6) is 11.5 Å². The van der Waals surface area contributed by atoms with Crippen molar-refractivity contribution < 1.29 is 4.74 Å². The third-order valence-electron chi connectivity index (χ3n) is 2.75. The molecule has 0 aliphatic rings. The molecule has 2 nitrogen and oxygen atoms in total. The predicted molar refractivity (Wildman–Crippen MR) is 70.3 cm³/mol. The van der Waals surface area contributed by atoms with Crippen molar-refractivity contribution in [2.24, 2.45) is 5.73 Å². The average Bonchev–Trinajstić information content (AvgIpc) is 2.34. The van der Waals surface area contributed by atoms with Crippen LogP contribution >= 0.6 is 0 Å². The fraction of sp³-hybridized carbons (Fsp3) is 0.200. The second kappa shape index (κ2) is 5.02. The molecular formula is C15H17NO. The van der Waals surface area contributed by atoms with E-state index in [0.717, 1.165) is 22.6 Å². The molecule has 88 valence electrons. The molecule has 0 spiro atoms. The molecule has 0 atom stereocenters. The molecule has 17 heavy (non-hydrogen) atoms. The molecule has 2 rings (SSSR count). The van der Waals surface area contributed by atoms with Gasteiger partial charge in [0.25, 0.3) is 0 Å². The first-order chi connectivity index (χ1) is 8.20. The number of aryl methyl sites for hydroxylation is 2. The lowest BCUT2D eigenvalue weighted by Gasteiger charge is -2.12. The molecule has 2 aromatic rings. The molecule has 0 aromatic heterocycles. The van der Waals surface area contributed by atoms with Crippen LogP contribution in [0.15, 0.2) is 42.5 Å². The minimum absolute atomic E-state index is 0.489. The first kappa shape index (κ1) is 11.7. The van der Waals surface area contributed by atoms with Crippen molar-refractivity contribution in [3.63, 3.8) is 0 Å². The van der Waals surface area contributed by atoms with Gasteiger partial charge >= 0.3 is 0 Å². The van der Waals surface area contributed by atoms with E-state index in [1.165, 1.54) is 5.56 Å². The largest absolute Gasteiger partial charge is 0.457 e. The molecule has 0 amide bonds. The fourth-order valence-corrected chi connectivity index (χ4v) is 1.74. The van der Waals surface area contributed by atoms with E-state index < -0.39 is 0 Å². The normalized spacial score (nSPS) is 10.3. The number of benzene rings is 2. The van der Waals surface area contributed by atoms with Crippen molar-refractivity contribution in [3.05, 3.63) is 59.2 Å². The Hall–Kier alpha value is -1.80. The first-order valence-corrected chi connectivity index (χ1v) is 5.74. The maximum Gasteiger partial charge on any atom is 0.134 e. The maximum atomic E-state index is 5.91. The first-order valence-electron chi connectivity index (χ1n) is 5.74. The highest BCUT2D eigenvalue weighted by Gasteiger charge is 2.06. The molecular weight excluding hydrogens is 210 g/mol. The van der Waals surface area contributed by atoms with E-state index in [-0.39, 0.29) is 0 Å². The Labute approximate surface area is 102 Å². The average molecular weight is 227 g/mol. The summed E-state index contributed by atoms with van der Waals surface area (Å²) in [6.07, 6.45) is 0. The van der Waals surface area contributed by atoms with Crippen LogP contribution < -0.4 is 10.5 Å². The minimum atomic E-state index is 0.489. The summed E-state index contributed by atoms with van der Waals surface area (Å²) in [7, 11) is 0. The number of rotatable bonds is 3. The lowest BCUT2D eigenvalue weighted by molar-refractivity contribution is 0.472. The van der Waals surface area contributed by atoms with E-state index in [1.807, 2.05) is 49.4 Å². The van der Waals surface area contributed by atoms with Gasteiger partial charge in [-0.1, -0.05) is 35.9 Å². The van der Waals surface area contributed by atoms with Crippen molar-refractivity contribution in [1.29, 1.82) is 0 Å². The van der Waals surface area contributed by atoms with Gasteiger partial charge in [-0.2, -0.15) is 0 Å². The van der Waals surface area contributed by atoms with Crippen molar-refractivity contribution >= 4 is 0 Å². The van der Waals surface area contributed by atoms with Gasteiger partial charge in [0.15, 0.2) is 0 Å². The molecule has 0 radical (unpaired) electrons. The third kappa shape index (κ3) is 2.66. The quantitative estimate of drug-likeness (QED) is 0.870. The summed E-state index contributed by atoms with van der Waals surface area (Å²) in [4.78, 5) is 0. The summed E-state index contributed by atoms with van der Waals surface area (Å²) in [5, 5.41) is 0. The molecule has 0 bridgehead atoms. The Morgan fingerprint density at radius 2 is 1.71 bits per heavy atom. The molecule has 0 fully saturated rings. The number of hydrogen-bond acceptors (Lipinski definition) is 2. The topological polar surface area (TPSA) is 35.2 Å². The molecule has 0 saturated heterocycles. The van der Waals surface area contributed by atoms with Gasteiger partial charge in [0.05, 0.1) is 0 Å². The zero-order chi connectivity index (χ0) is 12.3. The molecule has 0 unspecified atom stereocenters. The Kier molecular flexibility index (Phi) is 3.45. The van der Waals surface area contributed by atoms with E-state index in [4.69, 9.17) is 10.5 Å². The van der Waals surface area contributed by atoms with Crippen LogP contribution in [0.3, 0.4) is 0 Å². The fourth-order valence-electron chi connectivity index (χ4n) is 1.74. The van der Waals surface area contributed by atoms with Crippen LogP contribution in [0.4, 0.5) is 0 Å². The zero-order valence-electron chi connectivity index (χ0n) is 10.2. The number of hydrogen-bond donors (Lipinski definition) is 1. The lowest BCUT2D eigenvalue weighted by atomic mass is 10.1. The summed E-state index contributed by atoms with van der Waals surface area (Å²) in [6.45, 7) is 4.58. The Morgan fingerprint density at radius 1 is 1.00 bits per heavy atom. The van der Waals surface area contributed by atoms with Crippen LogP contribution in [0.1, 0.15) is 16.7 Å². The molecule has 0 aliphatic carbocycles. The second-order valence-corrected chi connectivity index (χ2v) is 4.18. The second-order valence-electron chi connectivity index (χ2n) is 4.18. The third-order valence-corrected chi connectivity index (χ3v) is 2.75. The van der Waals surface area contributed by atoms with Gasteiger partial charge in [-0.3, -0.25) is 0 Å². The number of nitrogens with two attached hydrogens (primary N) is 1. The summed E-state index contributed by atoms with van der Waals surface area (Å²) in [5.41, 5.74) is 9.08. The Bertz CT molecular complexity index is 503. The van der Waals surface area contributed by atoms with Crippen LogP contribution in [0.2, 0.25) is 0 Å². The molecule has 2 aromatic carbocycles. The zero-order valence-corrected chi connectivity index (χ0v) is 10.2. The van der Waals surface area contributed by atoms with Gasteiger partial charge < -0.3 is 10.5 Å². The monoisotopic (exact) mass is 227 g/mol. The summed E-state index contributed by atoms with van der Waals surface area (Å²) >= 11 is 0. The Balaban J connectivity index is 2.32. The SMILES string of the molecule is Cc1ccc(Oc2c(C)cccc2CN)cc1. The highest BCUT2D eigenvalue weighted by atomic mass is 16.5. The molecule has 0 aliphatic heterocycles. The van der Waals surface area contributed by atoms with E-state index in [0.29, 0.717) is 6.54 Å². The van der Waals surface area contributed by atoms with Crippen LogP contribution in [-0.2, 0) is 6.54 Å². The predicted octanol–water partition coefficient (Wildman–Crippen LogP) is 3.55. The summed E-state index contributed by atoms with van der Waals surface area (Å²) in [6, 6.07) is 14.0. The number of para-hydroxylation sites is 1. The van der Waals surface area contributed by atoms with Crippen molar-refractivity contribution in [2.45, 2.75) is 20.4 Å². The molecule has 2 heteroatoms. The van der Waals surface area contributed by atoms with Crippen LogP contribution in [-0.4, -0.2) is 0 Å². The standard InChI is InChI=1S/C15H17NO/c1-11-6-8-14(9-7-11)17-15-12(2)4-3-5-13(15)10-16/h3-9H,10,16H2,1-2H3. The van der Waals surface area contributed by atoms with Gasteiger partial charge in [0.2, 0.25) is 0 Å². The summed E-state index contributed by atoms with van der Waals surface area (Å²) < 4.78 is 5.91. The minimum Gasteiger partial charge on any atom is -0.457 e. The van der Waals surface area contributed by atoms with Gasteiger partial charge in [-0.15, -0.1) is 0 Å². The number of ether oxygens (including phenoxy) is 1. The Morgan fingerprint density at radius 3 is 2.35 bits per heavy atom. The van der Waals surface area contributed by atoms with Crippen molar-refractivity contribution in [1.82, 2.24) is 0 Å². The van der Waals surface area contributed by atoms with Gasteiger partial charge in [-0.25, -0.2) is 0 Å². The van der Waals surface area contributed by atoms with Crippen molar-refractivity contribution in [2.75, 3.05) is 0 Å². The highest BCUT2D eigenvalue weighted by Crippen LogP contribution is 2.28.